The number of carbonyl (C=O) groups is 2. The Kier molecular flexibility index (Phi) is 4.21. The summed E-state index contributed by atoms with van der Waals surface area (Å²) in [5.41, 5.74) is 0. The van der Waals surface area contributed by atoms with Gasteiger partial charge >= 0.3 is 5.97 Å². The molecule has 0 radical (unpaired) electrons. The minimum Gasteiger partial charge on any atom is -0.481 e. The van der Waals surface area contributed by atoms with E-state index in [1.54, 1.807) is 4.90 Å². The molecule has 1 amide bonds. The molecule has 18 heavy (non-hydrogen) atoms. The molecule has 0 spiro atoms. The molecule has 1 aromatic heterocycles. The third-order valence-corrected chi connectivity index (χ3v) is 3.47. The van der Waals surface area contributed by atoms with Crippen molar-refractivity contribution in [2.24, 2.45) is 0 Å². The Labute approximate surface area is 107 Å². The van der Waals surface area contributed by atoms with Crippen LogP contribution in [0.25, 0.3) is 0 Å². The van der Waals surface area contributed by atoms with Crippen molar-refractivity contribution in [2.45, 2.75) is 12.8 Å². The van der Waals surface area contributed by atoms with E-state index in [0.717, 1.165) is 11.3 Å². The highest BCUT2D eigenvalue weighted by Crippen LogP contribution is 2.14. The lowest BCUT2D eigenvalue weighted by atomic mass is 10.3. The Morgan fingerprint density at radius 3 is 2.72 bits per heavy atom. The summed E-state index contributed by atoms with van der Waals surface area (Å²) >= 11 is 1.16. The van der Waals surface area contributed by atoms with Crippen molar-refractivity contribution in [3.05, 3.63) is 10.0 Å². The van der Waals surface area contributed by atoms with Crippen LogP contribution in [-0.4, -0.2) is 58.4 Å². The van der Waals surface area contributed by atoms with Gasteiger partial charge in [-0.25, -0.2) is 0 Å². The first-order valence-electron chi connectivity index (χ1n) is 5.58. The first-order chi connectivity index (χ1) is 8.66. The number of hydrogen-bond acceptors (Lipinski definition) is 6. The van der Waals surface area contributed by atoms with Gasteiger partial charge in [-0.3, -0.25) is 9.59 Å². The van der Waals surface area contributed by atoms with E-state index in [2.05, 4.69) is 10.2 Å². The van der Waals surface area contributed by atoms with Crippen LogP contribution in [0, 0.1) is 0 Å². The lowest BCUT2D eigenvalue weighted by molar-refractivity contribution is -0.136. The topological polar surface area (TPSA) is 92.6 Å². The van der Waals surface area contributed by atoms with E-state index in [0.29, 0.717) is 42.7 Å². The third-order valence-electron chi connectivity index (χ3n) is 2.50. The molecule has 0 saturated carbocycles. The van der Waals surface area contributed by atoms with Gasteiger partial charge in [0.05, 0.1) is 19.6 Å². The van der Waals surface area contributed by atoms with Gasteiger partial charge < -0.3 is 14.7 Å². The number of carboxylic acids is 1. The molecule has 0 bridgehead atoms. The number of amides is 1. The summed E-state index contributed by atoms with van der Waals surface area (Å²) in [6, 6.07) is 0. The van der Waals surface area contributed by atoms with E-state index in [4.69, 9.17) is 9.84 Å². The van der Waals surface area contributed by atoms with Crippen LogP contribution >= 0.6 is 11.3 Å². The van der Waals surface area contributed by atoms with E-state index >= 15 is 0 Å². The number of hydrogen-bond donors (Lipinski definition) is 1. The molecule has 1 aromatic rings. The van der Waals surface area contributed by atoms with Crippen molar-refractivity contribution < 1.29 is 19.4 Å². The molecule has 1 aliphatic heterocycles. The van der Waals surface area contributed by atoms with Crippen LogP contribution in [0.2, 0.25) is 0 Å². The fourth-order valence-electron chi connectivity index (χ4n) is 1.56. The maximum Gasteiger partial charge on any atom is 0.303 e. The fraction of sp³-hybridized carbons (Fsp3) is 0.600. The van der Waals surface area contributed by atoms with Crippen molar-refractivity contribution in [1.82, 2.24) is 15.1 Å². The van der Waals surface area contributed by atoms with Crippen molar-refractivity contribution in [2.75, 3.05) is 26.3 Å². The van der Waals surface area contributed by atoms with Gasteiger partial charge in [-0.15, -0.1) is 10.2 Å². The summed E-state index contributed by atoms with van der Waals surface area (Å²) in [6.45, 7) is 2.19. The largest absolute Gasteiger partial charge is 0.481 e. The second-order valence-corrected chi connectivity index (χ2v) is 4.86. The Hall–Kier alpha value is -1.54. The highest BCUT2D eigenvalue weighted by Gasteiger charge is 2.22. The molecule has 0 aliphatic carbocycles. The maximum atomic E-state index is 12.0. The monoisotopic (exact) mass is 271 g/mol. The van der Waals surface area contributed by atoms with Crippen molar-refractivity contribution in [1.29, 1.82) is 0 Å². The zero-order chi connectivity index (χ0) is 13.0. The highest BCUT2D eigenvalue weighted by atomic mass is 32.1. The average molecular weight is 271 g/mol. The van der Waals surface area contributed by atoms with E-state index in [1.807, 2.05) is 0 Å². The highest BCUT2D eigenvalue weighted by molar-refractivity contribution is 7.13. The molecule has 7 nitrogen and oxygen atoms in total. The summed E-state index contributed by atoms with van der Waals surface area (Å²) in [6.07, 6.45) is 0.309. The summed E-state index contributed by atoms with van der Waals surface area (Å²) in [5, 5.41) is 17.1. The molecule has 98 valence electrons. The van der Waals surface area contributed by atoms with E-state index in [1.165, 1.54) is 0 Å². The number of nitrogens with zero attached hydrogens (tertiary/aromatic N) is 3. The Bertz CT molecular complexity index is 442. The molecule has 0 atom stereocenters. The van der Waals surface area contributed by atoms with Gasteiger partial charge in [0.25, 0.3) is 5.91 Å². The predicted octanol–water partition coefficient (Wildman–Crippen LogP) is 0.0277. The van der Waals surface area contributed by atoms with Crippen LogP contribution in [0.1, 0.15) is 21.2 Å². The Morgan fingerprint density at radius 1 is 1.33 bits per heavy atom. The predicted molar refractivity (Wildman–Crippen MR) is 62.6 cm³/mol. The number of aryl methyl sites for hydroxylation is 1. The van der Waals surface area contributed by atoms with Gasteiger partial charge in [0.1, 0.15) is 5.01 Å². The quantitative estimate of drug-likeness (QED) is 0.830. The van der Waals surface area contributed by atoms with Gasteiger partial charge in [-0.1, -0.05) is 11.3 Å². The van der Waals surface area contributed by atoms with Crippen LogP contribution in [0.3, 0.4) is 0 Å². The average Bonchev–Trinajstić information content (AvgIpc) is 2.85. The maximum absolute atomic E-state index is 12.0. The van der Waals surface area contributed by atoms with E-state index < -0.39 is 5.97 Å². The first kappa shape index (κ1) is 12.9. The molecule has 1 aliphatic rings. The zero-order valence-corrected chi connectivity index (χ0v) is 10.5. The number of aliphatic carboxylic acids is 1. The normalized spacial score (nSPS) is 15.7. The van der Waals surface area contributed by atoms with Crippen molar-refractivity contribution in [3.8, 4) is 0 Å². The molecule has 8 heteroatoms. The molecule has 1 N–H and O–H groups in total. The molecule has 0 unspecified atom stereocenters. The second kappa shape index (κ2) is 5.87. The Morgan fingerprint density at radius 2 is 2.06 bits per heavy atom. The standard InChI is InChI=1S/C10H13N3O4S/c14-8(15)2-1-7-11-12-9(18-7)10(16)13-3-5-17-6-4-13/h1-6H2,(H,14,15). The minimum absolute atomic E-state index is 0.000375. The summed E-state index contributed by atoms with van der Waals surface area (Å²) in [4.78, 5) is 24.1. The molecule has 1 saturated heterocycles. The number of carbonyl (C=O) groups excluding carboxylic acids is 1. The van der Waals surface area contributed by atoms with Crippen LogP contribution in [-0.2, 0) is 16.0 Å². The number of aromatic nitrogens is 2. The van der Waals surface area contributed by atoms with Gasteiger partial charge in [-0.2, -0.15) is 0 Å². The van der Waals surface area contributed by atoms with Crippen LogP contribution in [0.4, 0.5) is 0 Å². The number of ether oxygens (including phenoxy) is 1. The van der Waals surface area contributed by atoms with Crippen LogP contribution in [0.15, 0.2) is 0 Å². The first-order valence-corrected chi connectivity index (χ1v) is 6.39. The summed E-state index contributed by atoms with van der Waals surface area (Å²) in [7, 11) is 0. The van der Waals surface area contributed by atoms with Crippen LogP contribution in [0.5, 0.6) is 0 Å². The SMILES string of the molecule is O=C(O)CCc1nnc(C(=O)N2CCOCC2)s1. The van der Waals surface area contributed by atoms with Gasteiger partial charge in [-0.05, 0) is 0 Å². The van der Waals surface area contributed by atoms with Gasteiger partial charge in [0.2, 0.25) is 5.01 Å². The summed E-state index contributed by atoms with van der Waals surface area (Å²) in [5.74, 6) is -1.04. The number of morpholine rings is 1. The lowest BCUT2D eigenvalue weighted by Gasteiger charge is -2.25. The smallest absolute Gasteiger partial charge is 0.303 e. The fourth-order valence-corrected chi connectivity index (χ4v) is 2.36. The van der Waals surface area contributed by atoms with E-state index in [-0.39, 0.29) is 12.3 Å². The number of carboxylic acid groups (broad SMARTS) is 1. The molecular weight excluding hydrogens is 258 g/mol. The molecule has 0 aromatic carbocycles. The molecule has 2 rings (SSSR count). The van der Waals surface area contributed by atoms with Gasteiger partial charge in [0, 0.05) is 19.5 Å². The zero-order valence-electron chi connectivity index (χ0n) is 9.66. The molecule has 1 fully saturated rings. The lowest BCUT2D eigenvalue weighted by Crippen LogP contribution is -2.40. The van der Waals surface area contributed by atoms with Crippen molar-refractivity contribution >= 4 is 23.2 Å². The van der Waals surface area contributed by atoms with E-state index in [9.17, 15) is 9.59 Å². The summed E-state index contributed by atoms with van der Waals surface area (Å²) < 4.78 is 5.16. The van der Waals surface area contributed by atoms with Gasteiger partial charge in [0.15, 0.2) is 0 Å². The van der Waals surface area contributed by atoms with Crippen molar-refractivity contribution in [3.63, 3.8) is 0 Å². The number of rotatable bonds is 4. The second-order valence-electron chi connectivity index (χ2n) is 3.80. The minimum atomic E-state index is -0.883. The Balaban J connectivity index is 1.95. The molecule has 2 heterocycles. The van der Waals surface area contributed by atoms with Crippen LogP contribution < -0.4 is 0 Å². The third kappa shape index (κ3) is 3.23. The molecular formula is C10H13N3O4S.